The zero-order valence-corrected chi connectivity index (χ0v) is 13.0. The minimum Gasteiger partial charge on any atom is -0.322 e. The van der Waals surface area contributed by atoms with Crippen LogP contribution >= 0.6 is 0 Å². The van der Waals surface area contributed by atoms with Crippen molar-refractivity contribution < 1.29 is 4.79 Å². The fourth-order valence-corrected chi connectivity index (χ4v) is 2.51. The molecule has 3 rings (SSSR count). The summed E-state index contributed by atoms with van der Waals surface area (Å²) in [5.41, 5.74) is 0.687. The Morgan fingerprint density at radius 3 is 2.87 bits per heavy atom. The van der Waals surface area contributed by atoms with E-state index in [-0.39, 0.29) is 11.5 Å². The van der Waals surface area contributed by atoms with Gasteiger partial charge in [-0.1, -0.05) is 32.0 Å². The standard InChI is InChI=1S/C17H18N4O2/c1-11(2)10-21-15(7-8-18-21)20-17(23)13-9-16(22)19-14-6-4-3-5-12(13)14/h3-9,11H,10H2,1-2H3,(H,19,22)(H,20,23). The second kappa shape index (κ2) is 6.08. The van der Waals surface area contributed by atoms with Crippen molar-refractivity contribution in [2.45, 2.75) is 20.4 Å². The van der Waals surface area contributed by atoms with Crippen molar-refractivity contribution in [2.75, 3.05) is 5.32 Å². The summed E-state index contributed by atoms with van der Waals surface area (Å²) in [7, 11) is 0. The van der Waals surface area contributed by atoms with Crippen molar-refractivity contribution in [3.05, 3.63) is 58.5 Å². The first-order valence-corrected chi connectivity index (χ1v) is 7.50. The number of amides is 1. The van der Waals surface area contributed by atoms with Crippen LogP contribution < -0.4 is 10.9 Å². The summed E-state index contributed by atoms with van der Waals surface area (Å²) < 4.78 is 1.75. The van der Waals surface area contributed by atoms with E-state index >= 15 is 0 Å². The fourth-order valence-electron chi connectivity index (χ4n) is 2.51. The van der Waals surface area contributed by atoms with Crippen molar-refractivity contribution in [1.29, 1.82) is 0 Å². The third-order valence-corrected chi connectivity index (χ3v) is 3.49. The molecule has 2 aromatic heterocycles. The molecule has 0 unspecified atom stereocenters. The highest BCUT2D eigenvalue weighted by molar-refractivity contribution is 6.11. The number of anilines is 1. The van der Waals surface area contributed by atoms with E-state index in [9.17, 15) is 9.59 Å². The summed E-state index contributed by atoms with van der Waals surface area (Å²) in [6.45, 7) is 4.87. The van der Waals surface area contributed by atoms with Gasteiger partial charge in [0.2, 0.25) is 5.56 Å². The number of para-hydroxylation sites is 1. The molecule has 118 valence electrons. The number of fused-ring (bicyclic) bond motifs is 1. The van der Waals surface area contributed by atoms with E-state index in [1.54, 1.807) is 23.0 Å². The van der Waals surface area contributed by atoms with Gasteiger partial charge < -0.3 is 10.3 Å². The smallest absolute Gasteiger partial charge is 0.257 e. The van der Waals surface area contributed by atoms with Crippen LogP contribution in [-0.4, -0.2) is 20.7 Å². The quantitative estimate of drug-likeness (QED) is 0.777. The average molecular weight is 310 g/mol. The lowest BCUT2D eigenvalue weighted by molar-refractivity contribution is 0.102. The van der Waals surface area contributed by atoms with Crippen LogP contribution in [0.3, 0.4) is 0 Å². The molecule has 2 N–H and O–H groups in total. The number of nitrogens with one attached hydrogen (secondary N) is 2. The van der Waals surface area contributed by atoms with Crippen molar-refractivity contribution in [1.82, 2.24) is 14.8 Å². The largest absolute Gasteiger partial charge is 0.322 e. The van der Waals surface area contributed by atoms with Crippen LogP contribution in [0.15, 0.2) is 47.4 Å². The number of benzene rings is 1. The summed E-state index contributed by atoms with van der Waals surface area (Å²) in [6, 6.07) is 10.3. The number of aromatic nitrogens is 3. The summed E-state index contributed by atoms with van der Waals surface area (Å²) in [5.74, 6) is 0.705. The van der Waals surface area contributed by atoms with Crippen molar-refractivity contribution in [3.8, 4) is 0 Å². The number of hydrogen-bond donors (Lipinski definition) is 2. The first kappa shape index (κ1) is 15.0. The number of carbonyl (C=O) groups excluding carboxylic acids is 1. The van der Waals surface area contributed by atoms with Crippen molar-refractivity contribution in [3.63, 3.8) is 0 Å². The molecule has 0 spiro atoms. The molecule has 0 saturated carbocycles. The molecule has 0 bridgehead atoms. The third-order valence-electron chi connectivity index (χ3n) is 3.49. The molecule has 6 heteroatoms. The number of pyridine rings is 1. The monoisotopic (exact) mass is 310 g/mol. The molecule has 0 radical (unpaired) electrons. The molecule has 0 aliphatic heterocycles. The maximum absolute atomic E-state index is 12.6. The maximum Gasteiger partial charge on any atom is 0.257 e. The first-order chi connectivity index (χ1) is 11.0. The normalized spacial score (nSPS) is 11.1. The summed E-state index contributed by atoms with van der Waals surface area (Å²) in [4.78, 5) is 27.1. The number of rotatable bonds is 4. The molecule has 1 aromatic carbocycles. The SMILES string of the molecule is CC(C)Cn1nccc1NC(=O)c1cc(=O)[nH]c2ccccc12. The van der Waals surface area contributed by atoms with Gasteiger partial charge in [0.15, 0.2) is 0 Å². The number of nitrogens with zero attached hydrogens (tertiary/aromatic N) is 2. The van der Waals surface area contributed by atoms with Gasteiger partial charge in [0, 0.05) is 29.6 Å². The minimum atomic E-state index is -0.321. The number of aromatic amines is 1. The molecule has 3 aromatic rings. The molecule has 0 atom stereocenters. The van der Waals surface area contributed by atoms with Gasteiger partial charge in [0.05, 0.1) is 11.8 Å². The molecular formula is C17H18N4O2. The van der Waals surface area contributed by atoms with Crippen LogP contribution in [0.5, 0.6) is 0 Å². The Kier molecular flexibility index (Phi) is 3.97. The highest BCUT2D eigenvalue weighted by Gasteiger charge is 2.14. The average Bonchev–Trinajstić information content (AvgIpc) is 2.92. The van der Waals surface area contributed by atoms with E-state index in [1.165, 1.54) is 6.07 Å². The molecular weight excluding hydrogens is 292 g/mol. The Morgan fingerprint density at radius 2 is 2.09 bits per heavy atom. The summed E-state index contributed by atoms with van der Waals surface area (Å²) in [6.07, 6.45) is 1.65. The van der Waals surface area contributed by atoms with Gasteiger partial charge in [0.1, 0.15) is 5.82 Å². The lowest BCUT2D eigenvalue weighted by atomic mass is 10.1. The van der Waals surface area contributed by atoms with Crippen LogP contribution in [0.2, 0.25) is 0 Å². The molecule has 6 nitrogen and oxygen atoms in total. The molecule has 0 saturated heterocycles. The minimum absolute atomic E-state index is 0.301. The molecule has 0 fully saturated rings. The van der Waals surface area contributed by atoms with Crippen LogP contribution in [0.1, 0.15) is 24.2 Å². The van der Waals surface area contributed by atoms with E-state index < -0.39 is 0 Å². The zero-order valence-electron chi connectivity index (χ0n) is 13.0. The Morgan fingerprint density at radius 1 is 1.30 bits per heavy atom. The van der Waals surface area contributed by atoms with Gasteiger partial charge in [-0.2, -0.15) is 5.10 Å². The molecule has 0 aliphatic rings. The predicted molar refractivity (Wildman–Crippen MR) is 89.6 cm³/mol. The van der Waals surface area contributed by atoms with Crippen LogP contribution in [-0.2, 0) is 6.54 Å². The van der Waals surface area contributed by atoms with E-state index in [4.69, 9.17) is 0 Å². The Bertz CT molecular complexity index is 908. The Labute approximate surface area is 133 Å². The highest BCUT2D eigenvalue weighted by atomic mass is 16.2. The van der Waals surface area contributed by atoms with Gasteiger partial charge >= 0.3 is 0 Å². The van der Waals surface area contributed by atoms with Crippen LogP contribution in [0.25, 0.3) is 10.9 Å². The van der Waals surface area contributed by atoms with Gasteiger partial charge in [0.25, 0.3) is 5.91 Å². The third kappa shape index (κ3) is 3.15. The number of hydrogen-bond acceptors (Lipinski definition) is 3. The molecule has 1 amide bonds. The van der Waals surface area contributed by atoms with Gasteiger partial charge in [-0.15, -0.1) is 0 Å². The van der Waals surface area contributed by atoms with Crippen molar-refractivity contribution in [2.24, 2.45) is 5.92 Å². The van der Waals surface area contributed by atoms with Crippen LogP contribution in [0, 0.1) is 5.92 Å². The van der Waals surface area contributed by atoms with Crippen LogP contribution in [0.4, 0.5) is 5.82 Å². The topological polar surface area (TPSA) is 79.8 Å². The molecule has 0 aliphatic carbocycles. The number of carbonyl (C=O) groups is 1. The lowest BCUT2D eigenvalue weighted by Gasteiger charge is -2.11. The van der Waals surface area contributed by atoms with E-state index in [2.05, 4.69) is 29.2 Å². The second-order valence-electron chi connectivity index (χ2n) is 5.84. The van der Waals surface area contributed by atoms with Crippen molar-refractivity contribution >= 4 is 22.6 Å². The maximum atomic E-state index is 12.6. The van der Waals surface area contributed by atoms with E-state index in [0.29, 0.717) is 34.7 Å². The Balaban J connectivity index is 1.96. The van der Waals surface area contributed by atoms with E-state index in [1.807, 2.05) is 18.2 Å². The van der Waals surface area contributed by atoms with Gasteiger partial charge in [-0.25, -0.2) is 4.68 Å². The highest BCUT2D eigenvalue weighted by Crippen LogP contribution is 2.17. The summed E-state index contributed by atoms with van der Waals surface area (Å²) >= 11 is 0. The van der Waals surface area contributed by atoms with E-state index in [0.717, 1.165) is 0 Å². The lowest BCUT2D eigenvalue weighted by Crippen LogP contribution is -2.19. The zero-order chi connectivity index (χ0) is 16.4. The molecule has 2 heterocycles. The predicted octanol–water partition coefficient (Wildman–Crippen LogP) is 2.63. The summed E-state index contributed by atoms with van der Waals surface area (Å²) in [5, 5.41) is 7.77. The number of H-pyrrole nitrogens is 1. The Hall–Kier alpha value is -2.89. The second-order valence-corrected chi connectivity index (χ2v) is 5.84. The molecule has 23 heavy (non-hydrogen) atoms. The fraction of sp³-hybridized carbons (Fsp3) is 0.235. The van der Waals surface area contributed by atoms with Gasteiger partial charge in [-0.05, 0) is 12.0 Å². The first-order valence-electron chi connectivity index (χ1n) is 7.50. The van der Waals surface area contributed by atoms with Gasteiger partial charge in [-0.3, -0.25) is 9.59 Å².